The highest BCUT2D eigenvalue weighted by molar-refractivity contribution is 4.74. The highest BCUT2D eigenvalue weighted by atomic mass is 127. The van der Waals surface area contributed by atoms with E-state index in [1.54, 1.807) is 0 Å². The molecule has 0 atom stereocenters. The van der Waals surface area contributed by atoms with Gasteiger partial charge in [-0.2, -0.15) is 0 Å². The van der Waals surface area contributed by atoms with Gasteiger partial charge in [0.15, 0.2) is 7.85 Å². The normalized spacial score (nSPS) is 35.8. The van der Waals surface area contributed by atoms with E-state index in [1.807, 2.05) is 0 Å². The molecule has 108 valence electrons. The first-order valence-electron chi connectivity index (χ1n) is 6.95. The summed E-state index contributed by atoms with van der Waals surface area (Å²) in [6, 6.07) is -0.629. The molecule has 0 amide bonds. The van der Waals surface area contributed by atoms with E-state index < -0.39 is 0 Å². The summed E-state index contributed by atoms with van der Waals surface area (Å²) in [5, 5.41) is 21.4. The summed E-state index contributed by atoms with van der Waals surface area (Å²) < 4.78 is 1.43. The molecule has 2 saturated carbocycles. The smallest absolute Gasteiger partial charge is 0.264 e. The van der Waals surface area contributed by atoms with Gasteiger partial charge in [0.05, 0.1) is 0 Å². The lowest BCUT2D eigenvalue weighted by molar-refractivity contribution is -0.730. The second-order valence-electron chi connectivity index (χ2n) is 5.51. The Kier molecular flexibility index (Phi) is 5.35. The lowest BCUT2D eigenvalue weighted by Crippen LogP contribution is -3.68. The number of nitro groups is 2. The van der Waals surface area contributed by atoms with Gasteiger partial charge >= 0.3 is 0 Å². The Morgan fingerprint density at radius 3 is 1.26 bits per heavy atom. The maximum atomic E-state index is 10.7. The Balaban J connectivity index is 1.69. The first-order valence-corrected chi connectivity index (χ1v) is 9.44. The number of halogens is 1. The van der Waals surface area contributed by atoms with Crippen LogP contribution in [0.2, 0.25) is 0 Å². The lowest BCUT2D eigenvalue weighted by atomic mass is 9.96. The molecule has 0 aromatic rings. The highest BCUT2D eigenvalue weighted by Gasteiger charge is 2.41. The van der Waals surface area contributed by atoms with Crippen LogP contribution in [0.15, 0.2) is 0 Å². The van der Waals surface area contributed by atoms with Crippen LogP contribution in [0.25, 0.3) is 0 Å². The van der Waals surface area contributed by atoms with Crippen molar-refractivity contribution < 1.29 is 31.1 Å². The summed E-state index contributed by atoms with van der Waals surface area (Å²) in [7, 11) is 0. The summed E-state index contributed by atoms with van der Waals surface area (Å²) in [6.45, 7) is 0. The van der Waals surface area contributed by atoms with Crippen molar-refractivity contribution >= 4 is 0 Å². The number of hydrogen-bond donors (Lipinski definition) is 0. The van der Waals surface area contributed by atoms with Crippen molar-refractivity contribution in [2.45, 2.75) is 71.3 Å². The predicted octanol–water partition coefficient (Wildman–Crippen LogP) is -0.749. The van der Waals surface area contributed by atoms with Gasteiger partial charge in [-0.15, -0.1) is 0 Å². The number of alkyl halides is 2. The summed E-state index contributed by atoms with van der Waals surface area (Å²) in [4.78, 5) is 21.1. The predicted molar refractivity (Wildman–Crippen MR) is 66.1 cm³/mol. The largest absolute Gasteiger partial charge is 0.275 e. The Bertz CT molecular complexity index is 305. The third-order valence-electron chi connectivity index (χ3n) is 4.21. The van der Waals surface area contributed by atoms with Crippen LogP contribution >= 0.6 is 0 Å². The zero-order chi connectivity index (χ0) is 13.8. The van der Waals surface area contributed by atoms with E-state index in [-0.39, 0.29) is 43.1 Å². The summed E-state index contributed by atoms with van der Waals surface area (Å²) in [5.41, 5.74) is 0. The van der Waals surface area contributed by atoms with Crippen LogP contribution < -0.4 is 21.2 Å². The summed E-state index contributed by atoms with van der Waals surface area (Å²) >= 11 is 0.0588. The molecular formula is C12H20IN2O4+. The molecule has 0 aromatic carbocycles. The van der Waals surface area contributed by atoms with Crippen LogP contribution in [-0.4, -0.2) is 29.8 Å². The van der Waals surface area contributed by atoms with Gasteiger partial charge in [0.2, 0.25) is 12.1 Å². The van der Waals surface area contributed by atoms with Crippen molar-refractivity contribution in [3.05, 3.63) is 20.2 Å². The van der Waals surface area contributed by atoms with Crippen LogP contribution in [0.1, 0.15) is 51.4 Å². The summed E-state index contributed by atoms with van der Waals surface area (Å²) in [5.74, 6) is 0. The van der Waals surface area contributed by atoms with Gasteiger partial charge in [0, 0.05) is 61.2 Å². The minimum absolute atomic E-state index is 0.0588. The standard InChI is InChI=1S/C12H20IN2O4/c16-14(17)11-5-1-9(2-6-11)13-10-3-7-12(8-4-10)15(18)19/h9-12H,1-8H2/q+1. The molecule has 7 heteroatoms. The average Bonchev–Trinajstić information content (AvgIpc) is 2.40. The minimum Gasteiger partial charge on any atom is -0.264 e. The van der Waals surface area contributed by atoms with E-state index in [4.69, 9.17) is 0 Å². The van der Waals surface area contributed by atoms with Crippen LogP contribution in [0.5, 0.6) is 0 Å². The number of rotatable bonds is 4. The van der Waals surface area contributed by atoms with Gasteiger partial charge < -0.3 is 0 Å². The molecule has 0 saturated heterocycles. The second-order valence-corrected chi connectivity index (χ2v) is 9.75. The quantitative estimate of drug-likeness (QED) is 0.277. The molecule has 19 heavy (non-hydrogen) atoms. The van der Waals surface area contributed by atoms with Crippen LogP contribution in [0.4, 0.5) is 0 Å². The SMILES string of the molecule is O=[N+]([O-])C1CCC([I+]C2CCC([N+](=O)[O-])CC2)CC1. The molecule has 0 aliphatic heterocycles. The van der Waals surface area contributed by atoms with Crippen molar-refractivity contribution in [3.63, 3.8) is 0 Å². The van der Waals surface area contributed by atoms with Crippen LogP contribution in [-0.2, 0) is 0 Å². The van der Waals surface area contributed by atoms with Gasteiger partial charge in [-0.1, -0.05) is 0 Å². The molecule has 2 aliphatic rings. The fourth-order valence-corrected chi connectivity index (χ4v) is 7.31. The Morgan fingerprint density at radius 1 is 0.684 bits per heavy atom. The first-order chi connectivity index (χ1) is 9.06. The maximum Gasteiger partial charge on any atom is 0.275 e. The summed E-state index contributed by atoms with van der Waals surface area (Å²) in [6.07, 6.45) is 6.98. The van der Waals surface area contributed by atoms with Crippen LogP contribution in [0.3, 0.4) is 0 Å². The van der Waals surface area contributed by atoms with Gasteiger partial charge in [-0.25, -0.2) is 0 Å². The van der Waals surface area contributed by atoms with Crippen molar-refractivity contribution in [1.82, 2.24) is 0 Å². The van der Waals surface area contributed by atoms with Gasteiger partial charge in [0.25, 0.3) is 21.2 Å². The molecule has 6 nitrogen and oxygen atoms in total. The van der Waals surface area contributed by atoms with E-state index in [0.29, 0.717) is 7.85 Å². The van der Waals surface area contributed by atoms with E-state index in [0.717, 1.165) is 51.4 Å². The van der Waals surface area contributed by atoms with Crippen LogP contribution in [0, 0.1) is 20.2 Å². The van der Waals surface area contributed by atoms with E-state index in [9.17, 15) is 20.2 Å². The monoisotopic (exact) mass is 383 g/mol. The first kappa shape index (κ1) is 14.9. The molecule has 2 fully saturated rings. The van der Waals surface area contributed by atoms with Gasteiger partial charge in [0.1, 0.15) is 0 Å². The average molecular weight is 383 g/mol. The topological polar surface area (TPSA) is 86.3 Å². The fraction of sp³-hybridized carbons (Fsp3) is 1.00. The maximum absolute atomic E-state index is 10.7. The van der Waals surface area contributed by atoms with Gasteiger partial charge in [-0.05, 0) is 0 Å². The Labute approximate surface area is 122 Å². The zero-order valence-corrected chi connectivity index (χ0v) is 13.0. The molecule has 0 aromatic heterocycles. The third-order valence-corrected chi connectivity index (χ3v) is 8.73. The van der Waals surface area contributed by atoms with E-state index >= 15 is 0 Å². The molecule has 0 unspecified atom stereocenters. The van der Waals surface area contributed by atoms with Crippen molar-refractivity contribution in [2.75, 3.05) is 0 Å². The molecule has 0 bridgehead atoms. The molecule has 2 rings (SSSR count). The van der Waals surface area contributed by atoms with E-state index in [1.165, 1.54) is 0 Å². The fourth-order valence-electron chi connectivity index (χ4n) is 3.00. The molecule has 0 N–H and O–H groups in total. The molecule has 0 radical (unpaired) electrons. The molecule has 0 spiro atoms. The van der Waals surface area contributed by atoms with Gasteiger partial charge in [-0.3, -0.25) is 20.2 Å². The Morgan fingerprint density at radius 2 is 1.00 bits per heavy atom. The van der Waals surface area contributed by atoms with Crippen molar-refractivity contribution in [2.24, 2.45) is 0 Å². The molecular weight excluding hydrogens is 363 g/mol. The zero-order valence-electron chi connectivity index (χ0n) is 10.9. The Hall–Kier alpha value is -0.470. The van der Waals surface area contributed by atoms with Crippen molar-refractivity contribution in [3.8, 4) is 0 Å². The highest BCUT2D eigenvalue weighted by Crippen LogP contribution is 2.20. The third kappa shape index (κ3) is 4.25. The second kappa shape index (κ2) is 6.81. The lowest BCUT2D eigenvalue weighted by Gasteiger charge is -2.21. The van der Waals surface area contributed by atoms with E-state index in [2.05, 4.69) is 0 Å². The minimum atomic E-state index is -0.314. The molecule has 0 heterocycles. The molecule has 2 aliphatic carbocycles. The number of nitrogens with zero attached hydrogens (tertiary/aromatic N) is 2. The van der Waals surface area contributed by atoms with Crippen molar-refractivity contribution in [1.29, 1.82) is 0 Å². The number of hydrogen-bond acceptors (Lipinski definition) is 4.